The van der Waals surface area contributed by atoms with Crippen LogP contribution in [0.5, 0.6) is 0 Å². The van der Waals surface area contributed by atoms with E-state index >= 15 is 0 Å². The van der Waals surface area contributed by atoms with Crippen LogP contribution in [0.1, 0.15) is 10.4 Å². The van der Waals surface area contributed by atoms with Crippen LogP contribution in [-0.2, 0) is 0 Å². The molecule has 0 radical (unpaired) electrons. The SMILES string of the molecule is O=C(Nc1ccc(Cl)cc1-c1nc2ccccc2s1)c1cccc2c(Br)cccc12. The lowest BCUT2D eigenvalue weighted by Gasteiger charge is -2.12. The number of hydrogen-bond acceptors (Lipinski definition) is 3. The highest BCUT2D eigenvalue weighted by Gasteiger charge is 2.16. The van der Waals surface area contributed by atoms with E-state index in [1.807, 2.05) is 72.8 Å². The number of benzene rings is 4. The van der Waals surface area contributed by atoms with E-state index in [4.69, 9.17) is 16.6 Å². The number of aromatic nitrogens is 1. The van der Waals surface area contributed by atoms with Crippen LogP contribution in [0.4, 0.5) is 5.69 Å². The maximum Gasteiger partial charge on any atom is 0.256 e. The molecule has 5 aromatic rings. The second-order valence-corrected chi connectivity index (χ2v) is 9.09. The third-order valence-electron chi connectivity index (χ3n) is 4.87. The highest BCUT2D eigenvalue weighted by molar-refractivity contribution is 9.10. The number of thiazole rings is 1. The van der Waals surface area contributed by atoms with Crippen molar-refractivity contribution in [1.82, 2.24) is 4.98 Å². The molecule has 1 N–H and O–H groups in total. The van der Waals surface area contributed by atoms with Crippen LogP contribution in [0.2, 0.25) is 5.02 Å². The van der Waals surface area contributed by atoms with E-state index in [2.05, 4.69) is 21.2 Å². The summed E-state index contributed by atoms with van der Waals surface area (Å²) in [4.78, 5) is 17.9. The second kappa shape index (κ2) is 7.84. The van der Waals surface area contributed by atoms with Crippen LogP contribution < -0.4 is 5.32 Å². The fraction of sp³-hybridized carbons (Fsp3) is 0. The summed E-state index contributed by atoms with van der Waals surface area (Å²) in [5, 5.41) is 6.35. The van der Waals surface area contributed by atoms with Crippen molar-refractivity contribution in [1.29, 1.82) is 0 Å². The first-order valence-electron chi connectivity index (χ1n) is 9.24. The number of carbonyl (C=O) groups excluding carboxylic acids is 1. The van der Waals surface area contributed by atoms with Gasteiger partial charge < -0.3 is 5.32 Å². The lowest BCUT2D eigenvalue weighted by molar-refractivity contribution is 0.102. The van der Waals surface area contributed by atoms with Crippen molar-refractivity contribution >= 4 is 71.5 Å². The summed E-state index contributed by atoms with van der Waals surface area (Å²) >= 11 is 11.4. The van der Waals surface area contributed by atoms with Gasteiger partial charge in [0.05, 0.1) is 15.9 Å². The lowest BCUT2D eigenvalue weighted by atomic mass is 10.0. The first-order valence-corrected chi connectivity index (χ1v) is 11.2. The van der Waals surface area contributed by atoms with Crippen molar-refractivity contribution in [3.63, 3.8) is 0 Å². The summed E-state index contributed by atoms with van der Waals surface area (Å²) in [6.45, 7) is 0. The monoisotopic (exact) mass is 492 g/mol. The Bertz CT molecular complexity index is 1400. The molecule has 0 saturated heterocycles. The van der Waals surface area contributed by atoms with Crippen LogP contribution >= 0.6 is 38.9 Å². The summed E-state index contributed by atoms with van der Waals surface area (Å²) in [5.74, 6) is -0.177. The molecule has 1 heterocycles. The maximum atomic E-state index is 13.2. The van der Waals surface area contributed by atoms with Gasteiger partial charge in [-0.15, -0.1) is 11.3 Å². The fourth-order valence-electron chi connectivity index (χ4n) is 3.45. The molecule has 0 saturated carbocycles. The Hall–Kier alpha value is -2.73. The van der Waals surface area contributed by atoms with Gasteiger partial charge in [-0.1, -0.05) is 63.9 Å². The van der Waals surface area contributed by atoms with E-state index in [1.165, 1.54) is 0 Å². The Labute approximate surface area is 190 Å². The number of amides is 1. The largest absolute Gasteiger partial charge is 0.321 e. The molecule has 1 aromatic heterocycles. The van der Waals surface area contributed by atoms with Gasteiger partial charge in [-0.05, 0) is 53.2 Å². The van der Waals surface area contributed by atoms with Crippen LogP contribution in [0.3, 0.4) is 0 Å². The van der Waals surface area contributed by atoms with Crippen LogP contribution in [0.15, 0.2) is 83.3 Å². The van der Waals surface area contributed by atoms with Crippen molar-refractivity contribution < 1.29 is 4.79 Å². The second-order valence-electron chi connectivity index (χ2n) is 6.77. The first kappa shape index (κ1) is 19.2. The van der Waals surface area contributed by atoms with E-state index in [1.54, 1.807) is 17.4 Å². The highest BCUT2D eigenvalue weighted by Crippen LogP contribution is 2.36. The fourth-order valence-corrected chi connectivity index (χ4v) is 5.12. The van der Waals surface area contributed by atoms with Crippen molar-refractivity contribution in [3.05, 3.63) is 93.9 Å². The molecule has 0 spiro atoms. The Balaban J connectivity index is 1.57. The Kier molecular flexibility index (Phi) is 5.03. The smallest absolute Gasteiger partial charge is 0.256 e. The third-order valence-corrected chi connectivity index (χ3v) is 6.86. The summed E-state index contributed by atoms with van der Waals surface area (Å²) < 4.78 is 2.04. The molecule has 4 aromatic carbocycles. The van der Waals surface area contributed by atoms with Crippen molar-refractivity contribution in [2.24, 2.45) is 0 Å². The van der Waals surface area contributed by atoms with E-state index < -0.39 is 0 Å². The summed E-state index contributed by atoms with van der Waals surface area (Å²) in [6, 6.07) is 25.0. The van der Waals surface area contributed by atoms with Gasteiger partial charge in [0, 0.05) is 20.6 Å². The number of hydrogen-bond donors (Lipinski definition) is 1. The van der Waals surface area contributed by atoms with Gasteiger partial charge in [0.2, 0.25) is 0 Å². The predicted octanol–water partition coefficient (Wildman–Crippen LogP) is 7.78. The van der Waals surface area contributed by atoms with Gasteiger partial charge in [0.1, 0.15) is 5.01 Å². The zero-order valence-electron chi connectivity index (χ0n) is 15.5. The summed E-state index contributed by atoms with van der Waals surface area (Å²) in [6.07, 6.45) is 0. The number of fused-ring (bicyclic) bond motifs is 2. The molecule has 5 rings (SSSR count). The topological polar surface area (TPSA) is 42.0 Å². The number of nitrogens with zero attached hydrogens (tertiary/aromatic N) is 1. The minimum Gasteiger partial charge on any atom is -0.321 e. The molecule has 0 aliphatic carbocycles. The number of carbonyl (C=O) groups is 1. The predicted molar refractivity (Wildman–Crippen MR) is 130 cm³/mol. The van der Waals surface area contributed by atoms with E-state index in [-0.39, 0.29) is 5.91 Å². The molecule has 3 nitrogen and oxygen atoms in total. The van der Waals surface area contributed by atoms with Gasteiger partial charge >= 0.3 is 0 Å². The van der Waals surface area contributed by atoms with Gasteiger partial charge in [0.15, 0.2) is 0 Å². The zero-order valence-corrected chi connectivity index (χ0v) is 18.7. The molecule has 0 fully saturated rings. The molecule has 0 aliphatic heterocycles. The molecule has 0 aliphatic rings. The van der Waals surface area contributed by atoms with Crippen molar-refractivity contribution in [2.45, 2.75) is 0 Å². The standard InChI is InChI=1S/C24H14BrClN2OS/c25-19-8-4-5-15-16(19)6-3-7-17(15)23(29)27-20-12-11-14(26)13-18(20)24-28-21-9-1-2-10-22(21)30-24/h1-13H,(H,27,29). The molecule has 0 atom stereocenters. The molecular weight excluding hydrogens is 480 g/mol. The van der Waals surface area contributed by atoms with E-state index in [0.717, 1.165) is 36.0 Å². The van der Waals surface area contributed by atoms with Crippen LogP contribution in [-0.4, -0.2) is 10.9 Å². The number of halogens is 2. The summed E-state index contributed by atoms with van der Waals surface area (Å²) in [5.41, 5.74) is 3.02. The normalized spacial score (nSPS) is 11.1. The number of nitrogens with one attached hydrogen (secondary N) is 1. The quantitative estimate of drug-likeness (QED) is 0.279. The number of para-hydroxylation sites is 1. The average Bonchev–Trinajstić information content (AvgIpc) is 3.19. The molecule has 6 heteroatoms. The molecule has 30 heavy (non-hydrogen) atoms. The molecule has 0 unspecified atom stereocenters. The van der Waals surface area contributed by atoms with E-state index in [0.29, 0.717) is 16.3 Å². The van der Waals surface area contributed by atoms with E-state index in [9.17, 15) is 4.79 Å². The Morgan fingerprint density at radius 3 is 2.60 bits per heavy atom. The number of rotatable bonds is 3. The molecule has 1 amide bonds. The average molecular weight is 494 g/mol. The van der Waals surface area contributed by atoms with Crippen molar-refractivity contribution in [3.8, 4) is 10.6 Å². The van der Waals surface area contributed by atoms with Gasteiger partial charge in [0.25, 0.3) is 5.91 Å². The Morgan fingerprint density at radius 1 is 0.933 bits per heavy atom. The van der Waals surface area contributed by atoms with Gasteiger partial charge in [-0.3, -0.25) is 4.79 Å². The minimum atomic E-state index is -0.177. The number of anilines is 1. The highest BCUT2D eigenvalue weighted by atomic mass is 79.9. The van der Waals surface area contributed by atoms with Gasteiger partial charge in [-0.25, -0.2) is 4.98 Å². The summed E-state index contributed by atoms with van der Waals surface area (Å²) in [7, 11) is 0. The molecule has 146 valence electrons. The lowest BCUT2D eigenvalue weighted by Crippen LogP contribution is -2.13. The van der Waals surface area contributed by atoms with Crippen LogP contribution in [0.25, 0.3) is 31.6 Å². The minimum absolute atomic E-state index is 0.177. The zero-order chi connectivity index (χ0) is 20.7. The van der Waals surface area contributed by atoms with Crippen LogP contribution in [0, 0.1) is 0 Å². The van der Waals surface area contributed by atoms with Crippen molar-refractivity contribution in [2.75, 3.05) is 5.32 Å². The molecular formula is C24H14BrClN2OS. The third kappa shape index (κ3) is 3.49. The van der Waals surface area contributed by atoms with Gasteiger partial charge in [-0.2, -0.15) is 0 Å². The maximum absolute atomic E-state index is 13.2. The Morgan fingerprint density at radius 2 is 1.73 bits per heavy atom. The molecule has 0 bridgehead atoms. The first-order chi connectivity index (χ1) is 14.6.